The number of carbonyl (C=O) groups is 1. The molecule has 0 saturated heterocycles. The largest absolute Gasteiger partial charge is 0.481 e. The lowest BCUT2D eigenvalue weighted by Gasteiger charge is -2.10. The zero-order chi connectivity index (χ0) is 13.5. The van der Waals surface area contributed by atoms with Crippen LogP contribution in [0.2, 0.25) is 10.0 Å². The molecule has 0 unspecified atom stereocenters. The van der Waals surface area contributed by atoms with Crippen molar-refractivity contribution in [2.24, 2.45) is 0 Å². The van der Waals surface area contributed by atoms with Gasteiger partial charge in [-0.2, -0.15) is 0 Å². The zero-order valence-electron chi connectivity index (χ0n) is 9.74. The van der Waals surface area contributed by atoms with Crippen molar-refractivity contribution in [3.63, 3.8) is 0 Å². The van der Waals surface area contributed by atoms with Gasteiger partial charge in [0.15, 0.2) is 0 Å². The number of benzene rings is 1. The number of hydroxylamine groups is 1. The van der Waals surface area contributed by atoms with Gasteiger partial charge in [-0.25, -0.2) is 0 Å². The van der Waals surface area contributed by atoms with Crippen LogP contribution in [0.5, 0.6) is 0 Å². The molecule has 0 aliphatic rings. The van der Waals surface area contributed by atoms with Crippen molar-refractivity contribution >= 4 is 34.9 Å². The second-order valence-corrected chi connectivity index (χ2v) is 4.30. The van der Waals surface area contributed by atoms with Gasteiger partial charge in [0.25, 0.3) is 0 Å². The second kappa shape index (κ2) is 7.26. The first-order chi connectivity index (χ1) is 8.54. The maximum atomic E-state index is 10.5. The molecule has 0 atom stereocenters. The van der Waals surface area contributed by atoms with E-state index < -0.39 is 5.97 Å². The highest BCUT2D eigenvalue weighted by molar-refractivity contribution is 6.42. The molecule has 0 spiro atoms. The minimum absolute atomic E-state index is 0.0518. The van der Waals surface area contributed by atoms with Crippen LogP contribution >= 0.6 is 23.2 Å². The van der Waals surface area contributed by atoms with Crippen molar-refractivity contribution in [2.75, 3.05) is 7.11 Å². The molecule has 0 heterocycles. The van der Waals surface area contributed by atoms with Crippen molar-refractivity contribution in [1.82, 2.24) is 5.48 Å². The number of aliphatic carboxylic acids is 1. The first-order valence-electron chi connectivity index (χ1n) is 5.21. The summed E-state index contributed by atoms with van der Waals surface area (Å²) in [5.41, 5.74) is 4.11. The lowest BCUT2D eigenvalue weighted by molar-refractivity contribution is -0.136. The van der Waals surface area contributed by atoms with E-state index in [4.69, 9.17) is 33.1 Å². The second-order valence-electron chi connectivity index (χ2n) is 3.49. The molecule has 0 saturated carbocycles. The van der Waals surface area contributed by atoms with Gasteiger partial charge < -0.3 is 5.11 Å². The van der Waals surface area contributed by atoms with Crippen molar-refractivity contribution < 1.29 is 14.7 Å². The van der Waals surface area contributed by atoms with Crippen LogP contribution in [-0.4, -0.2) is 18.2 Å². The summed E-state index contributed by atoms with van der Waals surface area (Å²) >= 11 is 11.7. The third kappa shape index (κ3) is 4.56. The van der Waals surface area contributed by atoms with Gasteiger partial charge in [-0.1, -0.05) is 35.3 Å². The molecule has 0 radical (unpaired) electrons. The van der Waals surface area contributed by atoms with E-state index in [1.165, 1.54) is 7.11 Å². The molecule has 0 amide bonds. The van der Waals surface area contributed by atoms with E-state index in [0.29, 0.717) is 22.2 Å². The smallest absolute Gasteiger partial charge is 0.303 e. The topological polar surface area (TPSA) is 58.6 Å². The van der Waals surface area contributed by atoms with E-state index in [9.17, 15) is 4.79 Å². The number of rotatable bonds is 6. The minimum atomic E-state index is -0.850. The molecule has 18 heavy (non-hydrogen) atoms. The van der Waals surface area contributed by atoms with Gasteiger partial charge in [0, 0.05) is 12.0 Å². The molecule has 6 heteroatoms. The highest BCUT2D eigenvalue weighted by atomic mass is 35.5. The third-order valence-electron chi connectivity index (χ3n) is 2.15. The molecule has 2 N–H and O–H groups in total. The van der Waals surface area contributed by atoms with Crippen molar-refractivity contribution in [3.8, 4) is 0 Å². The first-order valence-corrected chi connectivity index (χ1v) is 5.96. The molecule has 0 aromatic heterocycles. The summed E-state index contributed by atoms with van der Waals surface area (Å²) in [7, 11) is 1.47. The quantitative estimate of drug-likeness (QED) is 0.789. The predicted molar refractivity (Wildman–Crippen MR) is 71.5 cm³/mol. The highest BCUT2D eigenvalue weighted by Gasteiger charge is 2.05. The van der Waals surface area contributed by atoms with Crippen LogP contribution in [0, 0.1) is 0 Å². The maximum absolute atomic E-state index is 10.5. The number of hydrogen-bond donors (Lipinski definition) is 2. The predicted octanol–water partition coefficient (Wildman–Crippen LogP) is 3.35. The number of allylic oxidation sites excluding steroid dienone is 1. The third-order valence-corrected chi connectivity index (χ3v) is 2.89. The first kappa shape index (κ1) is 14.8. The molecule has 1 aromatic rings. The van der Waals surface area contributed by atoms with E-state index in [0.717, 1.165) is 5.56 Å². The Morgan fingerprint density at radius 1 is 1.44 bits per heavy atom. The summed E-state index contributed by atoms with van der Waals surface area (Å²) in [6.07, 6.45) is 2.18. The van der Waals surface area contributed by atoms with Crippen molar-refractivity contribution in [3.05, 3.63) is 39.9 Å². The van der Waals surface area contributed by atoms with Crippen LogP contribution in [0.15, 0.2) is 24.3 Å². The van der Waals surface area contributed by atoms with Crippen molar-refractivity contribution in [1.29, 1.82) is 0 Å². The molecule has 1 rings (SSSR count). The average molecular weight is 290 g/mol. The number of carboxylic acid groups (broad SMARTS) is 1. The van der Waals surface area contributed by atoms with E-state index >= 15 is 0 Å². The number of halogens is 2. The summed E-state index contributed by atoms with van der Waals surface area (Å²) in [5, 5.41) is 9.48. The SMILES string of the molecule is CON/C(=C\CCC(=O)O)c1ccc(Cl)c(Cl)c1. The minimum Gasteiger partial charge on any atom is -0.481 e. The van der Waals surface area contributed by atoms with Crippen LogP contribution in [0.25, 0.3) is 5.70 Å². The normalized spacial score (nSPS) is 11.4. The van der Waals surface area contributed by atoms with Gasteiger partial charge in [0.1, 0.15) is 0 Å². The van der Waals surface area contributed by atoms with Gasteiger partial charge in [0.2, 0.25) is 0 Å². The van der Waals surface area contributed by atoms with Crippen LogP contribution in [0.1, 0.15) is 18.4 Å². The van der Waals surface area contributed by atoms with Crippen molar-refractivity contribution in [2.45, 2.75) is 12.8 Å². The summed E-state index contributed by atoms with van der Waals surface area (Å²) in [4.78, 5) is 15.3. The molecule has 4 nitrogen and oxygen atoms in total. The summed E-state index contributed by atoms with van der Waals surface area (Å²) in [5.74, 6) is -0.850. The van der Waals surface area contributed by atoms with Crippen LogP contribution in [0.4, 0.5) is 0 Å². The Morgan fingerprint density at radius 3 is 2.72 bits per heavy atom. The Labute approximate surface area is 115 Å². The fourth-order valence-electron chi connectivity index (χ4n) is 1.33. The van der Waals surface area contributed by atoms with Crippen LogP contribution < -0.4 is 5.48 Å². The Morgan fingerprint density at radius 2 is 2.17 bits per heavy atom. The van der Waals surface area contributed by atoms with Gasteiger partial charge in [-0.05, 0) is 18.6 Å². The van der Waals surface area contributed by atoms with E-state index in [1.54, 1.807) is 24.3 Å². The molecule has 0 aliphatic heterocycles. The lowest BCUT2D eigenvalue weighted by Crippen LogP contribution is -2.10. The zero-order valence-corrected chi connectivity index (χ0v) is 11.3. The number of hydrogen-bond acceptors (Lipinski definition) is 3. The molecule has 0 aliphatic carbocycles. The number of nitrogens with one attached hydrogen (secondary N) is 1. The van der Waals surface area contributed by atoms with E-state index in [-0.39, 0.29) is 6.42 Å². The molecular formula is C12H13Cl2NO3. The van der Waals surface area contributed by atoms with Gasteiger partial charge in [0.05, 0.1) is 22.9 Å². The maximum Gasteiger partial charge on any atom is 0.303 e. The molecule has 1 aromatic carbocycles. The standard InChI is InChI=1S/C12H13Cl2NO3/c1-18-15-11(3-2-4-12(16)17)8-5-6-9(13)10(14)7-8/h3,5-7,15H,2,4H2,1H3,(H,16,17)/b11-3-. The van der Waals surface area contributed by atoms with Crippen LogP contribution in [-0.2, 0) is 9.63 Å². The fourth-order valence-corrected chi connectivity index (χ4v) is 1.63. The summed E-state index contributed by atoms with van der Waals surface area (Å²) in [6.45, 7) is 0. The Kier molecular flexibility index (Phi) is 5.98. The average Bonchev–Trinajstić information content (AvgIpc) is 2.31. The Hall–Kier alpha value is -1.23. The summed E-state index contributed by atoms with van der Waals surface area (Å²) < 4.78 is 0. The molecular weight excluding hydrogens is 277 g/mol. The fraction of sp³-hybridized carbons (Fsp3) is 0.250. The monoisotopic (exact) mass is 289 g/mol. The Bertz CT molecular complexity index is 461. The molecule has 98 valence electrons. The van der Waals surface area contributed by atoms with E-state index in [2.05, 4.69) is 5.48 Å². The summed E-state index contributed by atoms with van der Waals surface area (Å²) in [6, 6.07) is 5.12. The van der Waals surface area contributed by atoms with Crippen LogP contribution in [0.3, 0.4) is 0 Å². The van der Waals surface area contributed by atoms with Gasteiger partial charge in [-0.15, -0.1) is 0 Å². The molecule has 0 bridgehead atoms. The number of carboxylic acids is 1. The molecule has 0 fully saturated rings. The van der Waals surface area contributed by atoms with Gasteiger partial charge in [-0.3, -0.25) is 15.1 Å². The highest BCUT2D eigenvalue weighted by Crippen LogP contribution is 2.25. The van der Waals surface area contributed by atoms with Gasteiger partial charge >= 0.3 is 5.97 Å². The lowest BCUT2D eigenvalue weighted by atomic mass is 10.1. The van der Waals surface area contributed by atoms with E-state index in [1.807, 2.05) is 0 Å². The Balaban J connectivity index is 2.89.